The first-order chi connectivity index (χ1) is 13.8. The van der Waals surface area contributed by atoms with Crippen LogP contribution >= 0.6 is 23.4 Å². The summed E-state index contributed by atoms with van der Waals surface area (Å²) in [7, 11) is 0. The molecule has 1 aliphatic rings. The van der Waals surface area contributed by atoms with Crippen LogP contribution in [0, 0.1) is 0 Å². The van der Waals surface area contributed by atoms with Crippen LogP contribution in [0.1, 0.15) is 30.4 Å². The van der Waals surface area contributed by atoms with E-state index in [0.717, 1.165) is 55.6 Å². The highest BCUT2D eigenvalue weighted by atomic mass is 35.5. The SMILES string of the molecule is O=C(CSc1nc(Cl)cc(N2CCCCC2)n1)NCc1cccc(C(F)(F)F)c1. The second-order valence-electron chi connectivity index (χ2n) is 6.64. The molecule has 0 radical (unpaired) electrons. The summed E-state index contributed by atoms with van der Waals surface area (Å²) in [5, 5.41) is 3.32. The third kappa shape index (κ3) is 6.50. The number of carbonyl (C=O) groups is 1. The lowest BCUT2D eigenvalue weighted by Gasteiger charge is -2.27. The van der Waals surface area contributed by atoms with Crippen LogP contribution < -0.4 is 10.2 Å². The van der Waals surface area contributed by atoms with Crippen LogP contribution in [0.3, 0.4) is 0 Å². The van der Waals surface area contributed by atoms with Crippen LogP contribution in [0.5, 0.6) is 0 Å². The van der Waals surface area contributed by atoms with Gasteiger partial charge in [-0.1, -0.05) is 35.5 Å². The fraction of sp³-hybridized carbons (Fsp3) is 0.421. The molecule has 0 spiro atoms. The van der Waals surface area contributed by atoms with Crippen molar-refractivity contribution in [2.75, 3.05) is 23.7 Å². The molecule has 3 rings (SSSR count). The summed E-state index contributed by atoms with van der Waals surface area (Å²) in [6, 6.07) is 6.59. The van der Waals surface area contributed by atoms with Gasteiger partial charge < -0.3 is 10.2 Å². The molecular formula is C19H20ClF3N4OS. The number of halogens is 4. The zero-order valence-electron chi connectivity index (χ0n) is 15.5. The quantitative estimate of drug-likeness (QED) is 0.402. The molecule has 1 aromatic heterocycles. The van der Waals surface area contributed by atoms with Crippen LogP contribution in [0.4, 0.5) is 19.0 Å². The number of nitrogens with one attached hydrogen (secondary N) is 1. The third-order valence-corrected chi connectivity index (χ3v) is 5.46. The van der Waals surface area contributed by atoms with Crippen molar-refractivity contribution in [3.63, 3.8) is 0 Å². The summed E-state index contributed by atoms with van der Waals surface area (Å²) in [6.45, 7) is 1.84. The maximum absolute atomic E-state index is 12.8. The number of carbonyl (C=O) groups excluding carboxylic acids is 1. The molecule has 1 aliphatic heterocycles. The largest absolute Gasteiger partial charge is 0.416 e. The second kappa shape index (κ2) is 9.67. The van der Waals surface area contributed by atoms with Gasteiger partial charge in [0.2, 0.25) is 5.91 Å². The van der Waals surface area contributed by atoms with E-state index < -0.39 is 11.7 Å². The van der Waals surface area contributed by atoms with E-state index in [2.05, 4.69) is 20.2 Å². The normalized spacial score (nSPS) is 14.7. The van der Waals surface area contributed by atoms with E-state index in [1.165, 1.54) is 18.6 Å². The number of anilines is 1. The van der Waals surface area contributed by atoms with Crippen molar-refractivity contribution in [1.82, 2.24) is 15.3 Å². The maximum Gasteiger partial charge on any atom is 0.416 e. The van der Waals surface area contributed by atoms with E-state index in [1.807, 2.05) is 0 Å². The number of rotatable bonds is 6. The van der Waals surface area contributed by atoms with E-state index in [9.17, 15) is 18.0 Å². The molecule has 0 atom stereocenters. The zero-order chi connectivity index (χ0) is 20.9. The Bertz CT molecular complexity index is 860. The van der Waals surface area contributed by atoms with E-state index in [4.69, 9.17) is 11.6 Å². The van der Waals surface area contributed by atoms with Gasteiger partial charge in [-0.05, 0) is 37.0 Å². The van der Waals surface area contributed by atoms with E-state index in [-0.39, 0.29) is 18.2 Å². The summed E-state index contributed by atoms with van der Waals surface area (Å²) in [5.41, 5.74) is -0.360. The van der Waals surface area contributed by atoms with E-state index in [1.54, 1.807) is 6.07 Å². The first-order valence-corrected chi connectivity index (χ1v) is 10.5. The highest BCUT2D eigenvalue weighted by Gasteiger charge is 2.30. The predicted octanol–water partition coefficient (Wildman–Crippen LogP) is 4.55. The minimum Gasteiger partial charge on any atom is -0.356 e. The Morgan fingerprint density at radius 1 is 1.17 bits per heavy atom. The molecule has 5 nitrogen and oxygen atoms in total. The number of alkyl halides is 3. The van der Waals surface area contributed by atoms with Gasteiger partial charge in [-0.25, -0.2) is 9.97 Å². The molecule has 2 heterocycles. The van der Waals surface area contributed by atoms with Crippen molar-refractivity contribution >= 4 is 35.1 Å². The summed E-state index contributed by atoms with van der Waals surface area (Å²) in [4.78, 5) is 22.9. The Hall–Kier alpha value is -2.00. The number of hydrogen-bond donors (Lipinski definition) is 1. The highest BCUT2D eigenvalue weighted by Crippen LogP contribution is 2.29. The number of thioether (sulfide) groups is 1. The fourth-order valence-corrected chi connectivity index (χ4v) is 3.89. The van der Waals surface area contributed by atoms with E-state index in [0.29, 0.717) is 15.9 Å². The van der Waals surface area contributed by atoms with Gasteiger partial charge in [-0.3, -0.25) is 4.79 Å². The maximum atomic E-state index is 12.8. The van der Waals surface area contributed by atoms with Gasteiger partial charge in [0.25, 0.3) is 0 Å². The number of hydrogen-bond acceptors (Lipinski definition) is 5. The Labute approximate surface area is 176 Å². The average Bonchev–Trinajstić information content (AvgIpc) is 2.70. The van der Waals surface area contributed by atoms with E-state index >= 15 is 0 Å². The van der Waals surface area contributed by atoms with Gasteiger partial charge in [-0.2, -0.15) is 13.2 Å². The minimum atomic E-state index is -4.41. The van der Waals surface area contributed by atoms with Crippen LogP contribution in [0.25, 0.3) is 0 Å². The highest BCUT2D eigenvalue weighted by molar-refractivity contribution is 7.99. The van der Waals surface area contributed by atoms with Crippen molar-refractivity contribution in [2.24, 2.45) is 0 Å². The molecule has 1 fully saturated rings. The standard InChI is InChI=1S/C19H20ClF3N4OS/c20-15-10-16(27-7-2-1-3-8-27)26-18(25-15)29-12-17(28)24-11-13-5-4-6-14(9-13)19(21,22)23/h4-6,9-10H,1-3,7-8,11-12H2,(H,24,28). The molecule has 0 saturated carbocycles. The monoisotopic (exact) mass is 444 g/mol. The Kier molecular flexibility index (Phi) is 7.23. The molecule has 1 N–H and O–H groups in total. The van der Waals surface area contributed by atoms with Crippen LogP contribution in [0.15, 0.2) is 35.5 Å². The van der Waals surface area contributed by atoms with Gasteiger partial charge in [-0.15, -0.1) is 0 Å². The van der Waals surface area contributed by atoms with Crippen molar-refractivity contribution < 1.29 is 18.0 Å². The topological polar surface area (TPSA) is 58.1 Å². The van der Waals surface area contributed by atoms with Crippen LogP contribution in [0.2, 0.25) is 5.15 Å². The summed E-state index contributed by atoms with van der Waals surface area (Å²) < 4.78 is 38.3. The molecule has 156 valence electrons. The molecule has 0 unspecified atom stereocenters. The summed E-state index contributed by atoms with van der Waals surface area (Å²) in [6.07, 6.45) is -1.01. The molecular weight excluding hydrogens is 425 g/mol. The molecule has 1 amide bonds. The fourth-order valence-electron chi connectivity index (χ4n) is 2.97. The number of benzene rings is 1. The summed E-state index contributed by atoms with van der Waals surface area (Å²) in [5.74, 6) is 0.464. The molecule has 2 aromatic rings. The summed E-state index contributed by atoms with van der Waals surface area (Å²) >= 11 is 7.23. The second-order valence-corrected chi connectivity index (χ2v) is 7.97. The third-order valence-electron chi connectivity index (χ3n) is 4.42. The zero-order valence-corrected chi connectivity index (χ0v) is 17.1. The first kappa shape index (κ1) is 21.7. The van der Waals surface area contributed by atoms with Crippen molar-refractivity contribution in [3.05, 3.63) is 46.6 Å². The van der Waals surface area contributed by atoms with Gasteiger partial charge in [0, 0.05) is 25.7 Å². The molecule has 1 saturated heterocycles. The van der Waals surface area contributed by atoms with Crippen molar-refractivity contribution in [1.29, 1.82) is 0 Å². The van der Waals surface area contributed by atoms with Gasteiger partial charge >= 0.3 is 6.18 Å². The Morgan fingerprint density at radius 3 is 2.66 bits per heavy atom. The molecule has 0 aliphatic carbocycles. The average molecular weight is 445 g/mol. The predicted molar refractivity (Wildman–Crippen MR) is 107 cm³/mol. The lowest BCUT2D eigenvalue weighted by Crippen LogP contribution is -2.30. The van der Waals surface area contributed by atoms with Crippen molar-refractivity contribution in [2.45, 2.75) is 37.1 Å². The lowest BCUT2D eigenvalue weighted by molar-refractivity contribution is -0.137. The molecule has 29 heavy (non-hydrogen) atoms. The number of piperidine rings is 1. The molecule has 1 aromatic carbocycles. The van der Waals surface area contributed by atoms with Gasteiger partial charge in [0.05, 0.1) is 11.3 Å². The van der Waals surface area contributed by atoms with Gasteiger partial charge in [0.15, 0.2) is 5.16 Å². The minimum absolute atomic E-state index is 0.0126. The van der Waals surface area contributed by atoms with Crippen LogP contribution in [-0.2, 0) is 17.5 Å². The molecule has 0 bridgehead atoms. The first-order valence-electron chi connectivity index (χ1n) is 9.16. The lowest BCUT2D eigenvalue weighted by atomic mass is 10.1. The van der Waals surface area contributed by atoms with Crippen LogP contribution in [-0.4, -0.2) is 34.7 Å². The van der Waals surface area contributed by atoms with Crippen molar-refractivity contribution in [3.8, 4) is 0 Å². The molecule has 10 heteroatoms. The number of aromatic nitrogens is 2. The van der Waals surface area contributed by atoms with Gasteiger partial charge in [0.1, 0.15) is 11.0 Å². The number of amides is 1. The Balaban J connectivity index is 1.54. The number of nitrogens with zero attached hydrogens (tertiary/aromatic N) is 3. The Morgan fingerprint density at radius 2 is 1.93 bits per heavy atom. The smallest absolute Gasteiger partial charge is 0.356 e.